The lowest BCUT2D eigenvalue weighted by atomic mass is 9.98. The maximum Gasteiger partial charge on any atom is 0.250 e. The molecule has 0 spiro atoms. The predicted octanol–water partition coefficient (Wildman–Crippen LogP) is 2.43. The van der Waals surface area contributed by atoms with Crippen LogP contribution in [0.2, 0.25) is 0 Å². The molecule has 0 unspecified atom stereocenters. The van der Waals surface area contributed by atoms with Crippen LogP contribution < -0.4 is 11.1 Å². The number of anilines is 1. The average molecular weight is 262 g/mol. The van der Waals surface area contributed by atoms with E-state index in [-0.39, 0.29) is 18.6 Å². The van der Waals surface area contributed by atoms with Gasteiger partial charge < -0.3 is 15.8 Å². The van der Waals surface area contributed by atoms with Crippen LogP contribution in [0.15, 0.2) is 24.3 Å². The number of benzene rings is 1. The molecule has 3 N–H and O–H groups in total. The highest BCUT2D eigenvalue weighted by atomic mass is 16.5. The van der Waals surface area contributed by atoms with Crippen molar-refractivity contribution in [3.05, 3.63) is 29.8 Å². The van der Waals surface area contributed by atoms with E-state index in [1.807, 2.05) is 24.3 Å². The Bertz CT molecular complexity index is 414. The number of hydrogen-bond donors (Lipinski definition) is 2. The Hall–Kier alpha value is -1.39. The van der Waals surface area contributed by atoms with Gasteiger partial charge in [0.15, 0.2) is 0 Å². The first-order chi connectivity index (χ1) is 9.28. The van der Waals surface area contributed by atoms with Gasteiger partial charge in [0.25, 0.3) is 0 Å². The molecule has 1 aromatic carbocycles. The molecule has 0 aromatic heterocycles. The van der Waals surface area contributed by atoms with Gasteiger partial charge >= 0.3 is 0 Å². The van der Waals surface area contributed by atoms with Gasteiger partial charge in [0.1, 0.15) is 6.61 Å². The molecule has 1 aromatic rings. The summed E-state index contributed by atoms with van der Waals surface area (Å²) >= 11 is 0. The fourth-order valence-corrected chi connectivity index (χ4v) is 2.40. The second-order valence-electron chi connectivity index (χ2n) is 5.02. The zero-order chi connectivity index (χ0) is 13.5. The van der Waals surface area contributed by atoms with Crippen molar-refractivity contribution in [1.82, 2.24) is 0 Å². The largest absolute Gasteiger partial charge is 0.368 e. The van der Waals surface area contributed by atoms with Crippen LogP contribution in [0.5, 0.6) is 0 Å². The smallest absolute Gasteiger partial charge is 0.250 e. The Labute approximate surface area is 114 Å². The van der Waals surface area contributed by atoms with Gasteiger partial charge in [-0.15, -0.1) is 0 Å². The molecule has 2 rings (SSSR count). The maximum atomic E-state index is 11.8. The van der Waals surface area contributed by atoms with E-state index in [1.165, 1.54) is 19.3 Å². The number of hydrogen-bond acceptors (Lipinski definition) is 3. The van der Waals surface area contributed by atoms with E-state index in [0.717, 1.165) is 24.1 Å². The van der Waals surface area contributed by atoms with Crippen LogP contribution in [0.25, 0.3) is 0 Å². The van der Waals surface area contributed by atoms with Gasteiger partial charge in [0.05, 0.1) is 6.10 Å². The molecular formula is C15H22N2O2. The van der Waals surface area contributed by atoms with Crippen LogP contribution in [-0.4, -0.2) is 18.6 Å². The predicted molar refractivity (Wildman–Crippen MR) is 75.8 cm³/mol. The van der Waals surface area contributed by atoms with E-state index >= 15 is 0 Å². The minimum absolute atomic E-state index is 0.0975. The van der Waals surface area contributed by atoms with E-state index in [0.29, 0.717) is 6.54 Å². The molecule has 0 radical (unpaired) electrons. The normalized spacial score (nSPS) is 16.3. The van der Waals surface area contributed by atoms with Crippen LogP contribution in [0, 0.1) is 0 Å². The van der Waals surface area contributed by atoms with E-state index in [2.05, 4.69) is 5.32 Å². The lowest BCUT2D eigenvalue weighted by Crippen LogP contribution is -2.24. The fourth-order valence-electron chi connectivity index (χ4n) is 2.40. The van der Waals surface area contributed by atoms with Crippen molar-refractivity contribution in [3.63, 3.8) is 0 Å². The summed E-state index contributed by atoms with van der Waals surface area (Å²) in [5.41, 5.74) is 7.35. The fraction of sp³-hybridized carbons (Fsp3) is 0.533. The molecule has 0 aliphatic heterocycles. The highest BCUT2D eigenvalue weighted by molar-refractivity contribution is 5.91. The van der Waals surface area contributed by atoms with Crippen LogP contribution in [-0.2, 0) is 16.1 Å². The van der Waals surface area contributed by atoms with E-state index in [1.54, 1.807) is 0 Å². The number of carbonyl (C=O) groups excluding carboxylic acids is 1. The van der Waals surface area contributed by atoms with Crippen molar-refractivity contribution in [2.75, 3.05) is 11.9 Å². The lowest BCUT2D eigenvalue weighted by molar-refractivity contribution is -0.123. The SMILES string of the molecule is NCc1cccc(NC(=O)COC2CCCCC2)c1. The second-order valence-corrected chi connectivity index (χ2v) is 5.02. The molecule has 1 aliphatic rings. The zero-order valence-corrected chi connectivity index (χ0v) is 11.2. The summed E-state index contributed by atoms with van der Waals surface area (Å²) in [6.45, 7) is 0.611. The first-order valence-corrected chi connectivity index (χ1v) is 6.98. The monoisotopic (exact) mass is 262 g/mol. The molecule has 19 heavy (non-hydrogen) atoms. The van der Waals surface area contributed by atoms with Crippen molar-refractivity contribution in [2.24, 2.45) is 5.73 Å². The first-order valence-electron chi connectivity index (χ1n) is 6.98. The van der Waals surface area contributed by atoms with Gasteiger partial charge in [0, 0.05) is 12.2 Å². The van der Waals surface area contributed by atoms with Gasteiger partial charge in [0.2, 0.25) is 5.91 Å². The highest BCUT2D eigenvalue weighted by Crippen LogP contribution is 2.20. The van der Waals surface area contributed by atoms with Gasteiger partial charge in [-0.2, -0.15) is 0 Å². The summed E-state index contributed by atoms with van der Waals surface area (Å²) in [5, 5.41) is 2.84. The van der Waals surface area contributed by atoms with Crippen molar-refractivity contribution < 1.29 is 9.53 Å². The third-order valence-corrected chi connectivity index (χ3v) is 3.45. The lowest BCUT2D eigenvalue weighted by Gasteiger charge is -2.21. The molecular weight excluding hydrogens is 240 g/mol. The minimum atomic E-state index is -0.0975. The summed E-state index contributed by atoms with van der Waals surface area (Å²) in [6.07, 6.45) is 6.13. The van der Waals surface area contributed by atoms with Crippen LogP contribution >= 0.6 is 0 Å². The number of amides is 1. The van der Waals surface area contributed by atoms with Crippen LogP contribution in [0.3, 0.4) is 0 Å². The zero-order valence-electron chi connectivity index (χ0n) is 11.2. The quantitative estimate of drug-likeness (QED) is 0.856. The molecule has 0 heterocycles. The molecule has 4 nitrogen and oxygen atoms in total. The third kappa shape index (κ3) is 4.65. The van der Waals surface area contributed by atoms with Gasteiger partial charge in [-0.3, -0.25) is 4.79 Å². The van der Waals surface area contributed by atoms with Crippen LogP contribution in [0.4, 0.5) is 5.69 Å². The maximum absolute atomic E-state index is 11.8. The first kappa shape index (κ1) is 14.0. The molecule has 1 aliphatic carbocycles. The topological polar surface area (TPSA) is 64.3 Å². The summed E-state index contributed by atoms with van der Waals surface area (Å²) < 4.78 is 5.64. The molecule has 0 bridgehead atoms. The summed E-state index contributed by atoms with van der Waals surface area (Å²) in [5.74, 6) is -0.0975. The van der Waals surface area contributed by atoms with Gasteiger partial charge in [-0.05, 0) is 30.5 Å². The standard InChI is InChI=1S/C15H22N2O2/c16-10-12-5-4-6-13(9-12)17-15(18)11-19-14-7-2-1-3-8-14/h4-6,9,14H,1-3,7-8,10-11,16H2,(H,17,18). The molecule has 1 fully saturated rings. The molecule has 0 atom stereocenters. The van der Waals surface area contributed by atoms with Crippen molar-refractivity contribution in [3.8, 4) is 0 Å². The Kier molecular flexibility index (Phi) is 5.36. The molecule has 1 saturated carbocycles. The van der Waals surface area contributed by atoms with Crippen molar-refractivity contribution in [2.45, 2.75) is 44.8 Å². The third-order valence-electron chi connectivity index (χ3n) is 3.45. The van der Waals surface area contributed by atoms with E-state index in [4.69, 9.17) is 10.5 Å². The molecule has 4 heteroatoms. The number of carbonyl (C=O) groups is 1. The summed E-state index contributed by atoms with van der Waals surface area (Å²) in [7, 11) is 0. The van der Waals surface area contributed by atoms with E-state index in [9.17, 15) is 4.79 Å². The molecule has 104 valence electrons. The van der Waals surface area contributed by atoms with Crippen molar-refractivity contribution >= 4 is 11.6 Å². The Morgan fingerprint density at radius 3 is 2.84 bits per heavy atom. The Morgan fingerprint density at radius 1 is 1.32 bits per heavy atom. The van der Waals surface area contributed by atoms with Gasteiger partial charge in [-0.1, -0.05) is 31.4 Å². The highest BCUT2D eigenvalue weighted by Gasteiger charge is 2.15. The minimum Gasteiger partial charge on any atom is -0.368 e. The number of rotatable bonds is 5. The number of nitrogens with one attached hydrogen (secondary N) is 1. The number of nitrogens with two attached hydrogens (primary N) is 1. The second kappa shape index (κ2) is 7.26. The van der Waals surface area contributed by atoms with Crippen LogP contribution in [0.1, 0.15) is 37.7 Å². The molecule has 0 saturated heterocycles. The number of ether oxygens (including phenoxy) is 1. The average Bonchev–Trinajstić information content (AvgIpc) is 2.46. The summed E-state index contributed by atoms with van der Waals surface area (Å²) in [4.78, 5) is 11.8. The molecule has 1 amide bonds. The summed E-state index contributed by atoms with van der Waals surface area (Å²) in [6, 6.07) is 7.57. The van der Waals surface area contributed by atoms with Gasteiger partial charge in [-0.25, -0.2) is 0 Å². The Balaban J connectivity index is 1.76. The van der Waals surface area contributed by atoms with Crippen molar-refractivity contribution in [1.29, 1.82) is 0 Å². The van der Waals surface area contributed by atoms with E-state index < -0.39 is 0 Å². The Morgan fingerprint density at radius 2 is 2.11 bits per heavy atom.